The maximum absolute atomic E-state index is 16.9. The van der Waals surface area contributed by atoms with Gasteiger partial charge >= 0.3 is 11.9 Å². The van der Waals surface area contributed by atoms with E-state index in [9.17, 15) is 9.59 Å². The molecule has 2 atom stereocenters. The highest BCUT2D eigenvalue weighted by molar-refractivity contribution is 6.05. The molecule has 4 aliphatic rings. The molecule has 6 rings (SSSR count). The molecule has 2 aromatic rings. The molecule has 2 aromatic carbocycles. The SMILES string of the molecule is C[C@@]12C(=O)OC(=O)[C@]1(C)C1(F)c3ccccc3C2c2ccccc21. The summed E-state index contributed by atoms with van der Waals surface area (Å²) < 4.78 is 21.9. The Hall–Kier alpha value is -2.49. The van der Waals surface area contributed by atoms with Gasteiger partial charge in [0.25, 0.3) is 0 Å². The van der Waals surface area contributed by atoms with E-state index >= 15 is 4.39 Å². The molecule has 1 saturated heterocycles. The second-order valence-corrected chi connectivity index (χ2v) is 7.27. The van der Waals surface area contributed by atoms with Crippen molar-refractivity contribution < 1.29 is 18.7 Å². The minimum Gasteiger partial charge on any atom is -0.392 e. The van der Waals surface area contributed by atoms with E-state index in [1.54, 1.807) is 38.1 Å². The van der Waals surface area contributed by atoms with E-state index in [0.717, 1.165) is 11.1 Å². The van der Waals surface area contributed by atoms with Crippen molar-refractivity contribution in [3.63, 3.8) is 0 Å². The van der Waals surface area contributed by atoms with Gasteiger partial charge in [-0.15, -0.1) is 0 Å². The number of rotatable bonds is 0. The molecule has 24 heavy (non-hydrogen) atoms. The summed E-state index contributed by atoms with van der Waals surface area (Å²) in [5.74, 6) is -1.80. The molecule has 1 aliphatic heterocycles. The lowest BCUT2D eigenvalue weighted by Crippen LogP contribution is -2.63. The number of alkyl halides is 1. The van der Waals surface area contributed by atoms with Crippen molar-refractivity contribution in [3.05, 3.63) is 70.8 Å². The Balaban J connectivity index is 2.03. The van der Waals surface area contributed by atoms with Gasteiger partial charge in [-0.1, -0.05) is 48.5 Å². The van der Waals surface area contributed by atoms with Crippen molar-refractivity contribution in [1.82, 2.24) is 0 Å². The van der Waals surface area contributed by atoms with E-state index in [1.165, 1.54) is 0 Å². The molecule has 0 saturated carbocycles. The van der Waals surface area contributed by atoms with Gasteiger partial charge in [0.2, 0.25) is 0 Å². The van der Waals surface area contributed by atoms with Crippen LogP contribution in [0.4, 0.5) is 4.39 Å². The van der Waals surface area contributed by atoms with Crippen LogP contribution in [0, 0.1) is 10.8 Å². The first-order valence-electron chi connectivity index (χ1n) is 8.03. The van der Waals surface area contributed by atoms with Crippen molar-refractivity contribution in [1.29, 1.82) is 0 Å². The number of cyclic esters (lactones) is 2. The average Bonchev–Trinajstić information content (AvgIpc) is 2.77. The van der Waals surface area contributed by atoms with Gasteiger partial charge in [-0.3, -0.25) is 9.59 Å². The van der Waals surface area contributed by atoms with Gasteiger partial charge in [0.1, 0.15) is 5.41 Å². The third kappa shape index (κ3) is 1.06. The highest BCUT2D eigenvalue weighted by Gasteiger charge is 2.81. The number of hydrogen-bond acceptors (Lipinski definition) is 3. The second kappa shape index (κ2) is 3.77. The highest BCUT2D eigenvalue weighted by atomic mass is 19.1. The molecule has 0 radical (unpaired) electrons. The molecule has 2 bridgehead atoms. The van der Waals surface area contributed by atoms with E-state index in [1.807, 2.05) is 24.3 Å². The lowest BCUT2D eigenvalue weighted by atomic mass is 9.41. The molecule has 0 aromatic heterocycles. The third-order valence-corrected chi connectivity index (χ3v) is 6.61. The molecule has 4 heteroatoms. The Morgan fingerprint density at radius 1 is 0.875 bits per heavy atom. The van der Waals surface area contributed by atoms with Crippen LogP contribution in [0.5, 0.6) is 0 Å². The summed E-state index contributed by atoms with van der Waals surface area (Å²) in [5, 5.41) is 0. The number of carbonyl (C=O) groups is 2. The van der Waals surface area contributed by atoms with E-state index in [4.69, 9.17) is 4.74 Å². The van der Waals surface area contributed by atoms with E-state index in [0.29, 0.717) is 11.1 Å². The molecule has 3 nitrogen and oxygen atoms in total. The Morgan fingerprint density at radius 2 is 1.38 bits per heavy atom. The minimum absolute atomic E-state index is 0.397. The van der Waals surface area contributed by atoms with Crippen LogP contribution < -0.4 is 0 Å². The van der Waals surface area contributed by atoms with Crippen molar-refractivity contribution in [3.8, 4) is 0 Å². The van der Waals surface area contributed by atoms with E-state index in [-0.39, 0.29) is 0 Å². The number of halogens is 1. The summed E-state index contributed by atoms with van der Waals surface area (Å²) in [6.45, 7) is 3.21. The zero-order valence-corrected chi connectivity index (χ0v) is 13.3. The van der Waals surface area contributed by atoms with E-state index < -0.39 is 34.4 Å². The molecule has 3 aliphatic carbocycles. The molecular formula is C20H15FO3. The second-order valence-electron chi connectivity index (χ2n) is 7.27. The summed E-state index contributed by atoms with van der Waals surface area (Å²) in [5.41, 5.74) is -2.45. The minimum atomic E-state index is -2.09. The van der Waals surface area contributed by atoms with Crippen molar-refractivity contribution in [2.75, 3.05) is 0 Å². The fraction of sp³-hybridized carbons (Fsp3) is 0.300. The van der Waals surface area contributed by atoms with Crippen LogP contribution in [0.3, 0.4) is 0 Å². The molecule has 1 heterocycles. The first kappa shape index (κ1) is 13.9. The summed E-state index contributed by atoms with van der Waals surface area (Å²) in [7, 11) is 0. The van der Waals surface area contributed by atoms with Crippen molar-refractivity contribution in [2.24, 2.45) is 10.8 Å². The Kier molecular flexibility index (Phi) is 2.18. The Morgan fingerprint density at radius 3 is 1.92 bits per heavy atom. The van der Waals surface area contributed by atoms with Crippen LogP contribution in [-0.2, 0) is 20.0 Å². The number of hydrogen-bond donors (Lipinski definition) is 0. The average molecular weight is 322 g/mol. The maximum Gasteiger partial charge on any atom is 0.324 e. The number of esters is 2. The molecule has 120 valence electrons. The Bertz CT molecular complexity index is 902. The van der Waals surface area contributed by atoms with Gasteiger partial charge < -0.3 is 4.74 Å². The fourth-order valence-electron chi connectivity index (χ4n) is 5.21. The van der Waals surface area contributed by atoms with Crippen LogP contribution in [-0.4, -0.2) is 11.9 Å². The largest absolute Gasteiger partial charge is 0.392 e. The van der Waals surface area contributed by atoms with Crippen LogP contribution >= 0.6 is 0 Å². The third-order valence-electron chi connectivity index (χ3n) is 6.61. The van der Waals surface area contributed by atoms with Crippen LogP contribution in [0.2, 0.25) is 0 Å². The van der Waals surface area contributed by atoms with Crippen LogP contribution in [0.1, 0.15) is 42.0 Å². The molecule has 1 fully saturated rings. The maximum atomic E-state index is 16.9. The molecule has 0 amide bonds. The molecule has 0 N–H and O–H groups in total. The zero-order chi connectivity index (χ0) is 16.9. The van der Waals surface area contributed by atoms with Gasteiger partial charge in [0.05, 0.1) is 5.41 Å². The summed E-state index contributed by atoms with van der Waals surface area (Å²) in [4.78, 5) is 25.4. The standard InChI is InChI=1S/C20H15FO3/c1-18-15-11-7-3-5-9-13(11)20(21,14-10-6-4-8-12(14)15)19(18,2)17(23)24-16(18)22/h3-10,15H,1-2H3/t15?,18-,19+,20?/m1/s1. The van der Waals surface area contributed by atoms with Gasteiger partial charge in [-0.05, 0) is 36.1 Å². The van der Waals surface area contributed by atoms with Gasteiger partial charge in [-0.2, -0.15) is 0 Å². The molecule has 0 spiro atoms. The van der Waals surface area contributed by atoms with Crippen LogP contribution in [0.25, 0.3) is 0 Å². The first-order valence-corrected chi connectivity index (χ1v) is 8.03. The zero-order valence-electron chi connectivity index (χ0n) is 13.3. The summed E-state index contributed by atoms with van der Waals surface area (Å²) in [6, 6.07) is 14.4. The summed E-state index contributed by atoms with van der Waals surface area (Å²) >= 11 is 0. The number of ether oxygens (including phenoxy) is 1. The lowest BCUT2D eigenvalue weighted by molar-refractivity contribution is -0.158. The first-order chi connectivity index (χ1) is 11.4. The van der Waals surface area contributed by atoms with Crippen molar-refractivity contribution >= 4 is 11.9 Å². The lowest BCUT2D eigenvalue weighted by Gasteiger charge is -2.58. The van der Waals surface area contributed by atoms with E-state index in [2.05, 4.69) is 0 Å². The normalized spacial score (nSPS) is 38.4. The van der Waals surface area contributed by atoms with Gasteiger partial charge in [0.15, 0.2) is 5.67 Å². The smallest absolute Gasteiger partial charge is 0.324 e. The topological polar surface area (TPSA) is 43.4 Å². The van der Waals surface area contributed by atoms with Gasteiger partial charge in [0, 0.05) is 5.92 Å². The molecular weight excluding hydrogens is 307 g/mol. The summed E-state index contributed by atoms with van der Waals surface area (Å²) in [6.07, 6.45) is 0. The fourth-order valence-corrected chi connectivity index (χ4v) is 5.21. The monoisotopic (exact) mass is 322 g/mol. The van der Waals surface area contributed by atoms with Crippen molar-refractivity contribution in [2.45, 2.75) is 25.4 Å². The van der Waals surface area contributed by atoms with Gasteiger partial charge in [-0.25, -0.2) is 4.39 Å². The van der Waals surface area contributed by atoms with Crippen LogP contribution in [0.15, 0.2) is 48.5 Å². The number of benzene rings is 2. The predicted molar refractivity (Wildman–Crippen MR) is 83.9 cm³/mol. The highest BCUT2D eigenvalue weighted by Crippen LogP contribution is 2.75. The Labute approximate surface area is 138 Å². The number of carbonyl (C=O) groups excluding carboxylic acids is 2. The molecule has 0 unspecified atom stereocenters. The predicted octanol–water partition coefficient (Wildman–Crippen LogP) is 3.45. The quantitative estimate of drug-likeness (QED) is 0.551.